The van der Waals surface area contributed by atoms with Crippen LogP contribution < -0.4 is 0 Å². The summed E-state index contributed by atoms with van der Waals surface area (Å²) in [6, 6.07) is 72.7. The SMILES string of the molecule is CC1(C)c2ccccc2-c2cc3c(-c4cc(-c5ccccc5)cc(-c5nc(-c6ccccc6)nc(-c6ccccc6)n5)c4)cc(-c4ccccc4-c4ccccc4)nc3cc21. The largest absolute Gasteiger partial charge is 0.248 e. The summed E-state index contributed by atoms with van der Waals surface area (Å²) in [4.78, 5) is 20.9. The molecule has 0 spiro atoms. The van der Waals surface area contributed by atoms with Gasteiger partial charge >= 0.3 is 0 Å². The smallest absolute Gasteiger partial charge is 0.164 e. The summed E-state index contributed by atoms with van der Waals surface area (Å²) >= 11 is 0. The van der Waals surface area contributed by atoms with Crippen LogP contribution in [0.2, 0.25) is 0 Å². The second-order valence-electron chi connectivity index (χ2n) is 16.3. The summed E-state index contributed by atoms with van der Waals surface area (Å²) in [5.74, 6) is 1.86. The molecule has 0 fully saturated rings. The molecule has 2 heterocycles. The monoisotopic (exact) mass is 780 g/mol. The highest BCUT2D eigenvalue weighted by atomic mass is 15.0. The summed E-state index contributed by atoms with van der Waals surface area (Å²) in [6.07, 6.45) is 0. The van der Waals surface area contributed by atoms with E-state index in [2.05, 4.69) is 184 Å². The van der Waals surface area contributed by atoms with Gasteiger partial charge in [-0.15, -0.1) is 0 Å². The van der Waals surface area contributed by atoms with E-state index in [9.17, 15) is 0 Å². The van der Waals surface area contributed by atoms with Crippen LogP contribution in [0.25, 0.3) is 101 Å². The lowest BCUT2D eigenvalue weighted by atomic mass is 9.82. The third-order valence-corrected chi connectivity index (χ3v) is 12.1. The van der Waals surface area contributed by atoms with Crippen LogP contribution in [-0.4, -0.2) is 19.9 Å². The van der Waals surface area contributed by atoms with Gasteiger partial charge in [0.25, 0.3) is 0 Å². The molecular formula is C57H40N4. The van der Waals surface area contributed by atoms with E-state index in [4.69, 9.17) is 19.9 Å². The van der Waals surface area contributed by atoms with E-state index in [0.29, 0.717) is 17.5 Å². The van der Waals surface area contributed by atoms with Crippen LogP contribution in [0.4, 0.5) is 0 Å². The van der Waals surface area contributed by atoms with Crippen LogP contribution in [0, 0.1) is 0 Å². The maximum atomic E-state index is 5.54. The van der Waals surface area contributed by atoms with Gasteiger partial charge in [0.05, 0.1) is 11.2 Å². The lowest BCUT2D eigenvalue weighted by Crippen LogP contribution is -2.14. The number of rotatable bonds is 7. The van der Waals surface area contributed by atoms with Gasteiger partial charge < -0.3 is 0 Å². The topological polar surface area (TPSA) is 51.6 Å². The maximum Gasteiger partial charge on any atom is 0.164 e. The van der Waals surface area contributed by atoms with Crippen molar-refractivity contribution in [1.29, 1.82) is 0 Å². The van der Waals surface area contributed by atoms with Crippen molar-refractivity contribution in [3.8, 4) is 89.9 Å². The van der Waals surface area contributed by atoms with Crippen molar-refractivity contribution < 1.29 is 0 Å². The summed E-state index contributed by atoms with van der Waals surface area (Å²) in [6.45, 7) is 4.66. The molecule has 8 aromatic carbocycles. The van der Waals surface area contributed by atoms with Gasteiger partial charge in [0.15, 0.2) is 17.5 Å². The van der Waals surface area contributed by atoms with E-state index >= 15 is 0 Å². The predicted octanol–water partition coefficient (Wildman–Crippen LogP) is 14.4. The molecule has 2 aromatic heterocycles. The van der Waals surface area contributed by atoms with E-state index in [1.807, 2.05) is 36.4 Å². The normalized spacial score (nSPS) is 12.6. The summed E-state index contributed by atoms with van der Waals surface area (Å²) in [5.41, 5.74) is 17.3. The van der Waals surface area contributed by atoms with E-state index in [1.165, 1.54) is 22.3 Å². The molecule has 11 rings (SSSR count). The molecule has 1 aliphatic rings. The average Bonchev–Trinajstić information content (AvgIpc) is 3.56. The third-order valence-electron chi connectivity index (χ3n) is 12.1. The lowest BCUT2D eigenvalue weighted by Gasteiger charge is -2.22. The molecule has 0 radical (unpaired) electrons. The van der Waals surface area contributed by atoms with Crippen LogP contribution in [0.5, 0.6) is 0 Å². The number of fused-ring (bicyclic) bond motifs is 4. The molecule has 4 nitrogen and oxygen atoms in total. The van der Waals surface area contributed by atoms with Gasteiger partial charge in [-0.2, -0.15) is 0 Å². The Bertz CT molecular complexity index is 3190. The minimum Gasteiger partial charge on any atom is -0.248 e. The van der Waals surface area contributed by atoms with Gasteiger partial charge in [-0.05, 0) is 92.0 Å². The summed E-state index contributed by atoms with van der Waals surface area (Å²) in [7, 11) is 0. The Kier molecular flexibility index (Phi) is 8.79. The number of aromatic nitrogens is 4. The fraction of sp³-hybridized carbons (Fsp3) is 0.0526. The zero-order valence-electron chi connectivity index (χ0n) is 33.9. The van der Waals surface area contributed by atoms with E-state index in [1.54, 1.807) is 0 Å². The molecule has 4 heteroatoms. The van der Waals surface area contributed by atoms with Crippen molar-refractivity contribution in [3.05, 3.63) is 217 Å². The molecule has 0 aliphatic heterocycles. The number of nitrogens with zero attached hydrogens (tertiary/aromatic N) is 4. The maximum absolute atomic E-state index is 5.54. The minimum absolute atomic E-state index is 0.175. The van der Waals surface area contributed by atoms with E-state index in [0.717, 1.165) is 72.2 Å². The molecule has 0 saturated carbocycles. The Balaban J connectivity index is 1.20. The molecule has 0 bridgehead atoms. The summed E-state index contributed by atoms with van der Waals surface area (Å²) < 4.78 is 0. The zero-order chi connectivity index (χ0) is 40.9. The Morgan fingerprint density at radius 2 is 0.770 bits per heavy atom. The molecule has 0 atom stereocenters. The second kappa shape index (κ2) is 14.8. The number of pyridine rings is 1. The zero-order valence-corrected chi connectivity index (χ0v) is 33.9. The first kappa shape index (κ1) is 36.3. The van der Waals surface area contributed by atoms with Crippen LogP contribution in [0.1, 0.15) is 25.0 Å². The van der Waals surface area contributed by atoms with Crippen molar-refractivity contribution in [2.75, 3.05) is 0 Å². The molecular weight excluding hydrogens is 741 g/mol. The molecule has 0 saturated heterocycles. The quantitative estimate of drug-likeness (QED) is 0.162. The van der Waals surface area contributed by atoms with Crippen molar-refractivity contribution >= 4 is 10.9 Å². The van der Waals surface area contributed by atoms with Crippen molar-refractivity contribution in [1.82, 2.24) is 19.9 Å². The van der Waals surface area contributed by atoms with Crippen molar-refractivity contribution in [3.63, 3.8) is 0 Å². The van der Waals surface area contributed by atoms with Gasteiger partial charge in [0.2, 0.25) is 0 Å². The van der Waals surface area contributed by atoms with E-state index < -0.39 is 0 Å². The van der Waals surface area contributed by atoms with Gasteiger partial charge in [0, 0.05) is 33.1 Å². The highest BCUT2D eigenvalue weighted by molar-refractivity contribution is 6.03. The Morgan fingerprint density at radius 1 is 0.295 bits per heavy atom. The first-order valence-electron chi connectivity index (χ1n) is 20.8. The highest BCUT2D eigenvalue weighted by Crippen LogP contribution is 2.51. The van der Waals surface area contributed by atoms with Gasteiger partial charge in [-0.25, -0.2) is 19.9 Å². The number of hydrogen-bond acceptors (Lipinski definition) is 4. The Morgan fingerprint density at radius 3 is 1.39 bits per heavy atom. The third kappa shape index (κ3) is 6.50. The second-order valence-corrected chi connectivity index (χ2v) is 16.3. The average molecular weight is 781 g/mol. The highest BCUT2D eigenvalue weighted by Gasteiger charge is 2.36. The first-order chi connectivity index (χ1) is 30.0. The fourth-order valence-electron chi connectivity index (χ4n) is 9.02. The fourth-order valence-corrected chi connectivity index (χ4v) is 9.02. The van der Waals surface area contributed by atoms with Crippen LogP contribution in [-0.2, 0) is 5.41 Å². The van der Waals surface area contributed by atoms with Gasteiger partial charge in [-0.3, -0.25) is 0 Å². The number of hydrogen-bond donors (Lipinski definition) is 0. The lowest BCUT2D eigenvalue weighted by molar-refractivity contribution is 0.661. The van der Waals surface area contributed by atoms with Gasteiger partial charge in [0.1, 0.15) is 0 Å². The number of benzene rings is 8. The minimum atomic E-state index is -0.175. The summed E-state index contributed by atoms with van der Waals surface area (Å²) in [5, 5.41) is 1.09. The molecule has 0 amide bonds. The first-order valence-corrected chi connectivity index (χ1v) is 20.8. The Labute approximate surface area is 356 Å². The van der Waals surface area contributed by atoms with Crippen LogP contribution in [0.15, 0.2) is 206 Å². The molecule has 61 heavy (non-hydrogen) atoms. The van der Waals surface area contributed by atoms with Gasteiger partial charge in [-0.1, -0.05) is 184 Å². The van der Waals surface area contributed by atoms with Crippen molar-refractivity contribution in [2.45, 2.75) is 19.3 Å². The standard InChI is InChI=1S/C57H40N4/c1-57(2)50-30-18-17-28-45(50)48-34-49-47(35-52(58-53(49)36-51(48)57)46-29-16-15-27-44(46)38-21-9-4-10-22-38)42-31-41(37-19-7-3-8-20-37)32-43(33-42)56-60-54(39-23-11-5-12-24-39)59-55(61-56)40-25-13-6-14-26-40/h3-36H,1-2H3. The van der Waals surface area contributed by atoms with E-state index in [-0.39, 0.29) is 5.41 Å². The van der Waals surface area contributed by atoms with Crippen LogP contribution in [0.3, 0.4) is 0 Å². The van der Waals surface area contributed by atoms with Crippen molar-refractivity contribution in [2.24, 2.45) is 0 Å². The molecule has 1 aliphatic carbocycles. The molecule has 10 aromatic rings. The Hall–Kier alpha value is -7.82. The molecule has 0 unspecified atom stereocenters. The molecule has 288 valence electrons. The van der Waals surface area contributed by atoms with Crippen LogP contribution >= 0.6 is 0 Å². The molecule has 0 N–H and O–H groups in total. The predicted molar refractivity (Wildman–Crippen MR) is 251 cm³/mol.